The third-order valence-electron chi connectivity index (χ3n) is 8.00. The van der Waals surface area contributed by atoms with E-state index in [0.717, 1.165) is 23.5 Å². The molecule has 0 radical (unpaired) electrons. The first-order chi connectivity index (χ1) is 17.2. The van der Waals surface area contributed by atoms with E-state index in [9.17, 15) is 0 Å². The summed E-state index contributed by atoms with van der Waals surface area (Å²) in [6, 6.07) is 13.3. The van der Waals surface area contributed by atoms with Gasteiger partial charge in [-0.1, -0.05) is 12.1 Å². The third-order valence-corrected chi connectivity index (χ3v) is 8.89. The summed E-state index contributed by atoms with van der Waals surface area (Å²) >= 11 is 1.74. The summed E-state index contributed by atoms with van der Waals surface area (Å²) < 4.78 is 0.465. The molecular weight excluding hydrogens is 452 g/mol. The van der Waals surface area contributed by atoms with Gasteiger partial charge in [-0.3, -0.25) is 4.99 Å². The molecule has 6 nitrogen and oxygen atoms in total. The molecule has 176 valence electrons. The Bertz CT molecular complexity index is 1410. The van der Waals surface area contributed by atoms with Crippen molar-refractivity contribution in [2.45, 2.75) is 38.1 Å². The van der Waals surface area contributed by atoms with E-state index in [1.54, 1.807) is 11.3 Å². The van der Waals surface area contributed by atoms with Crippen LogP contribution in [0.5, 0.6) is 0 Å². The van der Waals surface area contributed by atoms with Crippen LogP contribution in [0.4, 0.5) is 5.69 Å². The minimum Gasteiger partial charge on any atom is -0.301 e. The summed E-state index contributed by atoms with van der Waals surface area (Å²) in [6.07, 6.45) is 15.0. The number of rotatable bonds is 6. The van der Waals surface area contributed by atoms with Crippen LogP contribution in [0.25, 0.3) is 21.5 Å². The van der Waals surface area contributed by atoms with E-state index >= 15 is 0 Å². The smallest absolute Gasteiger partial charge is 0.225 e. The monoisotopic (exact) mass is 481 g/mol. The lowest BCUT2D eigenvalue weighted by Crippen LogP contribution is -2.71. The van der Waals surface area contributed by atoms with Gasteiger partial charge in [0.1, 0.15) is 5.54 Å². The molecule has 7 heteroatoms. The highest BCUT2D eigenvalue weighted by Gasteiger charge is 2.56. The number of benzene rings is 1. The molecule has 1 saturated heterocycles. The molecule has 2 aromatic heterocycles. The minimum absolute atomic E-state index is 0.0411. The molecular formula is C28H29N6S+. The van der Waals surface area contributed by atoms with Gasteiger partial charge in [-0.15, -0.1) is 15.9 Å². The van der Waals surface area contributed by atoms with Crippen molar-refractivity contribution in [1.82, 2.24) is 9.88 Å². The molecule has 0 N–H and O–H groups in total. The van der Waals surface area contributed by atoms with E-state index in [2.05, 4.69) is 81.1 Å². The van der Waals surface area contributed by atoms with E-state index in [4.69, 9.17) is 4.98 Å². The molecule has 3 aromatic rings. The predicted octanol–water partition coefficient (Wildman–Crippen LogP) is 5.88. The van der Waals surface area contributed by atoms with Crippen LogP contribution in [0.2, 0.25) is 0 Å². The van der Waals surface area contributed by atoms with Crippen LogP contribution >= 0.6 is 11.3 Å². The Morgan fingerprint density at radius 2 is 2.03 bits per heavy atom. The Labute approximate surface area is 209 Å². The molecule has 7 rings (SSSR count). The molecule has 2 fully saturated rings. The lowest BCUT2D eigenvalue weighted by atomic mass is 9.74. The number of quaternary nitrogens is 1. The largest absolute Gasteiger partial charge is 0.301 e. The molecule has 0 bridgehead atoms. The fraction of sp³-hybridized carbons (Fsp3) is 0.321. The van der Waals surface area contributed by atoms with Gasteiger partial charge >= 0.3 is 0 Å². The van der Waals surface area contributed by atoms with Crippen molar-refractivity contribution in [3.8, 4) is 10.6 Å². The number of nitrogens with zero attached hydrogens (tertiary/aromatic N) is 6. The number of allylic oxidation sites excluding steroid dienone is 1. The van der Waals surface area contributed by atoms with Gasteiger partial charge in [0.15, 0.2) is 6.20 Å². The summed E-state index contributed by atoms with van der Waals surface area (Å²) in [5.41, 5.74) is 5.66. The lowest BCUT2D eigenvalue weighted by molar-refractivity contribution is -0.751. The molecule has 4 aliphatic rings. The molecule has 3 aliphatic heterocycles. The standard InChI is InChI=1S/C28H29N6S/c1-21-15-26(27-5-2-14-35-27)31-25-16-22(6-7-24(21)25)33(28(8-3-9-28)19-32-11-4-12-32)34-13-10-29-17-23(34)18-30-20-34/h2,5-7,10,13-18,20H,3-4,8-9,11-12,19H2,1H3/q+1. The van der Waals surface area contributed by atoms with Crippen LogP contribution in [0, 0.1) is 6.92 Å². The van der Waals surface area contributed by atoms with Crippen LogP contribution < -0.4 is 5.01 Å². The normalized spacial score (nSPS) is 24.2. The van der Waals surface area contributed by atoms with Crippen LogP contribution in [0.3, 0.4) is 0 Å². The third kappa shape index (κ3) is 3.26. The molecule has 1 aromatic carbocycles. The fourth-order valence-electron chi connectivity index (χ4n) is 5.98. The molecule has 1 unspecified atom stereocenters. The Morgan fingerprint density at radius 3 is 2.77 bits per heavy atom. The number of aryl methyl sites for hydroxylation is 1. The van der Waals surface area contributed by atoms with Crippen molar-refractivity contribution in [1.29, 1.82) is 0 Å². The van der Waals surface area contributed by atoms with Crippen LogP contribution in [-0.4, -0.2) is 52.2 Å². The molecule has 1 atom stereocenters. The number of hydrogen-bond acceptors (Lipinski definition) is 6. The molecule has 35 heavy (non-hydrogen) atoms. The first-order valence-corrected chi connectivity index (χ1v) is 13.4. The van der Waals surface area contributed by atoms with Gasteiger partial charge in [-0.2, -0.15) is 0 Å². The summed E-state index contributed by atoms with van der Waals surface area (Å²) in [7, 11) is 0. The lowest BCUT2D eigenvalue weighted by Gasteiger charge is -2.57. The van der Waals surface area contributed by atoms with Crippen LogP contribution in [0.1, 0.15) is 31.2 Å². The number of thiophene rings is 1. The van der Waals surface area contributed by atoms with Crippen molar-refractivity contribution in [3.05, 3.63) is 71.6 Å². The zero-order valence-electron chi connectivity index (χ0n) is 20.0. The molecule has 0 spiro atoms. The highest BCUT2D eigenvalue weighted by molar-refractivity contribution is 7.13. The highest BCUT2D eigenvalue weighted by Crippen LogP contribution is 2.47. The number of anilines is 1. The Hall–Kier alpha value is -3.13. The number of aromatic nitrogens is 1. The number of pyridine rings is 1. The van der Waals surface area contributed by atoms with Crippen molar-refractivity contribution < 1.29 is 4.59 Å². The zero-order chi connectivity index (χ0) is 23.5. The Morgan fingerprint density at radius 1 is 1.11 bits per heavy atom. The summed E-state index contributed by atoms with van der Waals surface area (Å²) in [4.78, 5) is 18.0. The molecule has 1 saturated carbocycles. The average molecular weight is 482 g/mol. The number of hydrogen-bond donors (Lipinski definition) is 0. The second-order valence-electron chi connectivity index (χ2n) is 10.2. The van der Waals surface area contributed by atoms with Crippen molar-refractivity contribution in [2.24, 2.45) is 9.98 Å². The van der Waals surface area contributed by atoms with Gasteiger partial charge in [0.25, 0.3) is 0 Å². The maximum atomic E-state index is 5.14. The highest BCUT2D eigenvalue weighted by atomic mass is 32.1. The summed E-state index contributed by atoms with van der Waals surface area (Å²) in [5.74, 6) is 0. The number of fused-ring (bicyclic) bond motifs is 2. The van der Waals surface area contributed by atoms with Crippen molar-refractivity contribution in [2.75, 3.05) is 24.6 Å². The SMILES string of the molecule is Cc1cc(-c2cccs2)nc2cc(N(C3(CN4CCC4)CCC3)[N+]34C=CN=CC3=CN=C4)ccc12. The van der Waals surface area contributed by atoms with E-state index in [0.29, 0.717) is 4.59 Å². The fourth-order valence-corrected chi connectivity index (χ4v) is 6.67. The van der Waals surface area contributed by atoms with Gasteiger partial charge in [0, 0.05) is 11.9 Å². The first-order valence-electron chi connectivity index (χ1n) is 12.5. The number of likely N-dealkylation sites (tertiary alicyclic amines) is 1. The average Bonchev–Trinajstić information content (AvgIpc) is 3.49. The van der Waals surface area contributed by atoms with Gasteiger partial charge in [-0.25, -0.2) is 15.0 Å². The maximum Gasteiger partial charge on any atom is 0.225 e. The molecule has 5 heterocycles. The maximum absolute atomic E-state index is 5.14. The van der Waals surface area contributed by atoms with Crippen molar-refractivity contribution >= 4 is 40.5 Å². The Balaban J connectivity index is 1.40. The molecule has 1 aliphatic carbocycles. The second kappa shape index (κ2) is 7.95. The number of aliphatic imine (C=N–C) groups is 2. The van der Waals surface area contributed by atoms with Crippen molar-refractivity contribution in [3.63, 3.8) is 0 Å². The van der Waals surface area contributed by atoms with E-state index in [1.807, 2.05) is 18.6 Å². The van der Waals surface area contributed by atoms with Gasteiger partial charge < -0.3 is 4.90 Å². The van der Waals surface area contributed by atoms with E-state index in [1.165, 1.54) is 60.3 Å². The van der Waals surface area contributed by atoms with Crippen LogP contribution in [-0.2, 0) is 0 Å². The van der Waals surface area contributed by atoms with E-state index in [-0.39, 0.29) is 5.54 Å². The zero-order valence-corrected chi connectivity index (χ0v) is 20.8. The Kier molecular flexibility index (Phi) is 4.81. The van der Waals surface area contributed by atoms with Crippen LogP contribution in [0.15, 0.2) is 76.1 Å². The minimum atomic E-state index is 0.0411. The van der Waals surface area contributed by atoms with Gasteiger partial charge in [0.05, 0.1) is 40.4 Å². The molecule has 0 amide bonds. The summed E-state index contributed by atoms with van der Waals surface area (Å²) in [5, 5.41) is 5.93. The second-order valence-corrected chi connectivity index (χ2v) is 11.1. The van der Waals surface area contributed by atoms with Gasteiger partial charge in [0.2, 0.25) is 12.0 Å². The first kappa shape index (κ1) is 21.2. The van der Waals surface area contributed by atoms with E-state index < -0.39 is 0 Å². The topological polar surface area (TPSA) is 44.1 Å². The predicted molar refractivity (Wildman–Crippen MR) is 144 cm³/mol. The summed E-state index contributed by atoms with van der Waals surface area (Å²) in [6.45, 7) is 5.67. The quantitative estimate of drug-likeness (QED) is 0.413. The van der Waals surface area contributed by atoms with Gasteiger partial charge in [-0.05, 0) is 80.9 Å².